The minimum Gasteiger partial charge on any atom is -0.495 e. The summed E-state index contributed by atoms with van der Waals surface area (Å²) in [5.41, 5.74) is 1.53. The van der Waals surface area contributed by atoms with Crippen LogP contribution in [0, 0.1) is 11.7 Å². The maximum absolute atomic E-state index is 14.4. The van der Waals surface area contributed by atoms with E-state index in [1.807, 2.05) is 29.2 Å². The highest BCUT2D eigenvalue weighted by Gasteiger charge is 2.39. The minimum atomic E-state index is -0.459. The molecule has 2 saturated heterocycles. The molecule has 5 rings (SSSR count). The van der Waals surface area contributed by atoms with E-state index in [2.05, 4.69) is 15.1 Å². The number of aromatic amines is 1. The Bertz CT molecular complexity index is 1170. The van der Waals surface area contributed by atoms with Gasteiger partial charge in [-0.25, -0.2) is 4.39 Å². The van der Waals surface area contributed by atoms with Gasteiger partial charge in [0.2, 0.25) is 11.8 Å². The first-order valence-electron chi connectivity index (χ1n) is 10.7. The summed E-state index contributed by atoms with van der Waals surface area (Å²) in [4.78, 5) is 31.3. The number of H-pyrrole nitrogens is 1. The number of halogens is 1. The van der Waals surface area contributed by atoms with Crippen molar-refractivity contribution >= 4 is 34.2 Å². The highest BCUT2D eigenvalue weighted by Crippen LogP contribution is 2.33. The fraction of sp³-hybridized carbons (Fsp3) is 0.348. The van der Waals surface area contributed by atoms with Crippen molar-refractivity contribution in [3.8, 4) is 5.75 Å². The molecule has 166 valence electrons. The van der Waals surface area contributed by atoms with Crippen LogP contribution in [0.5, 0.6) is 5.75 Å². The van der Waals surface area contributed by atoms with Crippen molar-refractivity contribution in [1.82, 2.24) is 15.1 Å². The monoisotopic (exact) mass is 437 g/mol. The molecule has 0 saturated carbocycles. The van der Waals surface area contributed by atoms with Gasteiger partial charge in [-0.2, -0.15) is 5.10 Å². The lowest BCUT2D eigenvalue weighted by molar-refractivity contribution is -0.136. The zero-order valence-electron chi connectivity index (χ0n) is 17.8. The van der Waals surface area contributed by atoms with Gasteiger partial charge in [-0.3, -0.25) is 19.6 Å². The Morgan fingerprint density at radius 1 is 1.12 bits per heavy atom. The number of benzene rings is 2. The molecule has 2 aliphatic rings. The average molecular weight is 437 g/mol. The summed E-state index contributed by atoms with van der Waals surface area (Å²) in [7, 11) is 1.65. The summed E-state index contributed by atoms with van der Waals surface area (Å²) in [6.45, 7) is 2.72. The summed E-state index contributed by atoms with van der Waals surface area (Å²) in [6, 6.07) is 12.5. The number of methoxy groups -OCH3 is 1. The average Bonchev–Trinajstić information content (AvgIpc) is 3.43. The Morgan fingerprint density at radius 2 is 1.91 bits per heavy atom. The highest BCUT2D eigenvalue weighted by molar-refractivity contribution is 6.05. The Labute approximate surface area is 184 Å². The molecule has 2 fully saturated rings. The first kappa shape index (κ1) is 20.3. The van der Waals surface area contributed by atoms with E-state index < -0.39 is 11.7 Å². The largest absolute Gasteiger partial charge is 0.495 e. The number of carbonyl (C=O) groups excluding carboxylic acids is 2. The van der Waals surface area contributed by atoms with Crippen LogP contribution in [-0.4, -0.2) is 66.7 Å². The number of ether oxygens (including phenoxy) is 1. The van der Waals surface area contributed by atoms with E-state index in [1.165, 1.54) is 11.0 Å². The number of amides is 2. The van der Waals surface area contributed by atoms with Crippen molar-refractivity contribution in [2.45, 2.75) is 6.42 Å². The minimum absolute atomic E-state index is 0.0409. The van der Waals surface area contributed by atoms with Crippen LogP contribution >= 0.6 is 0 Å². The molecule has 1 aromatic heterocycles. The molecular formula is C23H24FN5O3. The Kier molecular flexibility index (Phi) is 5.16. The molecule has 8 nitrogen and oxygen atoms in total. The summed E-state index contributed by atoms with van der Waals surface area (Å²) < 4.78 is 19.8. The number of aromatic nitrogens is 2. The molecule has 0 spiro atoms. The van der Waals surface area contributed by atoms with Crippen LogP contribution < -0.4 is 14.5 Å². The molecule has 0 aliphatic carbocycles. The normalized spacial score (nSPS) is 19.1. The molecule has 2 amide bonds. The summed E-state index contributed by atoms with van der Waals surface area (Å²) in [5, 5.41) is 7.20. The van der Waals surface area contributed by atoms with Gasteiger partial charge in [0.05, 0.1) is 29.6 Å². The van der Waals surface area contributed by atoms with Crippen LogP contribution in [0.4, 0.5) is 15.9 Å². The van der Waals surface area contributed by atoms with Crippen molar-refractivity contribution < 1.29 is 18.7 Å². The van der Waals surface area contributed by atoms with Crippen LogP contribution in [0.3, 0.4) is 0 Å². The zero-order chi connectivity index (χ0) is 22.2. The fourth-order valence-corrected chi connectivity index (χ4v) is 4.60. The van der Waals surface area contributed by atoms with E-state index in [9.17, 15) is 14.0 Å². The second-order valence-electron chi connectivity index (χ2n) is 8.10. The van der Waals surface area contributed by atoms with Gasteiger partial charge in [-0.1, -0.05) is 18.2 Å². The molecule has 0 bridgehead atoms. The van der Waals surface area contributed by atoms with Crippen molar-refractivity contribution in [3.63, 3.8) is 0 Å². The summed E-state index contributed by atoms with van der Waals surface area (Å²) in [6.07, 6.45) is 0.106. The number of fused-ring (bicyclic) bond motifs is 1. The third kappa shape index (κ3) is 3.43. The number of hydrogen-bond donors (Lipinski definition) is 1. The smallest absolute Gasteiger partial charge is 0.229 e. The van der Waals surface area contributed by atoms with Gasteiger partial charge in [0, 0.05) is 39.1 Å². The van der Waals surface area contributed by atoms with E-state index in [0.717, 1.165) is 11.4 Å². The van der Waals surface area contributed by atoms with Gasteiger partial charge in [0.15, 0.2) is 5.82 Å². The van der Waals surface area contributed by atoms with Gasteiger partial charge in [-0.15, -0.1) is 0 Å². The number of carbonyl (C=O) groups is 2. The van der Waals surface area contributed by atoms with Gasteiger partial charge < -0.3 is 14.5 Å². The first-order chi connectivity index (χ1) is 15.6. The zero-order valence-corrected chi connectivity index (χ0v) is 17.8. The molecule has 2 aromatic carbocycles. The lowest BCUT2D eigenvalue weighted by Gasteiger charge is -2.37. The maximum Gasteiger partial charge on any atom is 0.229 e. The van der Waals surface area contributed by atoms with Crippen LogP contribution in [0.2, 0.25) is 0 Å². The molecule has 32 heavy (non-hydrogen) atoms. The molecule has 2 aliphatic heterocycles. The number of piperazine rings is 1. The second kappa shape index (κ2) is 8.14. The van der Waals surface area contributed by atoms with Crippen molar-refractivity contribution in [1.29, 1.82) is 0 Å². The molecule has 9 heteroatoms. The Morgan fingerprint density at radius 3 is 2.69 bits per heavy atom. The number of nitrogens with one attached hydrogen (secondary N) is 1. The lowest BCUT2D eigenvalue weighted by atomic mass is 10.1. The highest BCUT2D eigenvalue weighted by atomic mass is 19.1. The van der Waals surface area contributed by atoms with Crippen LogP contribution in [0.25, 0.3) is 10.9 Å². The van der Waals surface area contributed by atoms with E-state index in [-0.39, 0.29) is 36.0 Å². The third-order valence-electron chi connectivity index (χ3n) is 6.27. The molecule has 1 atom stereocenters. The molecule has 0 radical (unpaired) electrons. The fourth-order valence-electron chi connectivity index (χ4n) is 4.60. The topological polar surface area (TPSA) is 81.8 Å². The van der Waals surface area contributed by atoms with Gasteiger partial charge >= 0.3 is 0 Å². The molecular weight excluding hydrogens is 413 g/mol. The number of anilines is 2. The third-order valence-corrected chi connectivity index (χ3v) is 6.27. The SMILES string of the molecule is COc1ccccc1N1CCN(C(=O)C2CC(=O)N(c3n[nH]c4cccc(F)c34)C2)CC1. The Balaban J connectivity index is 1.27. The van der Waals surface area contributed by atoms with Crippen molar-refractivity contribution in [3.05, 3.63) is 48.3 Å². The molecule has 3 heterocycles. The number of rotatable bonds is 4. The predicted octanol–water partition coefficient (Wildman–Crippen LogP) is 2.41. The molecule has 1 N–H and O–H groups in total. The number of para-hydroxylation sites is 2. The first-order valence-corrected chi connectivity index (χ1v) is 10.7. The maximum atomic E-state index is 14.4. The van der Waals surface area contributed by atoms with E-state index in [0.29, 0.717) is 31.7 Å². The van der Waals surface area contributed by atoms with Crippen molar-refractivity contribution in [2.24, 2.45) is 5.92 Å². The van der Waals surface area contributed by atoms with Gasteiger partial charge in [0.25, 0.3) is 0 Å². The van der Waals surface area contributed by atoms with E-state index in [1.54, 1.807) is 19.2 Å². The molecule has 1 unspecified atom stereocenters. The quantitative estimate of drug-likeness (QED) is 0.678. The van der Waals surface area contributed by atoms with Crippen LogP contribution in [-0.2, 0) is 9.59 Å². The van der Waals surface area contributed by atoms with Gasteiger partial charge in [0.1, 0.15) is 11.6 Å². The predicted molar refractivity (Wildman–Crippen MR) is 118 cm³/mol. The van der Waals surface area contributed by atoms with E-state index in [4.69, 9.17) is 4.74 Å². The summed E-state index contributed by atoms with van der Waals surface area (Å²) >= 11 is 0. The lowest BCUT2D eigenvalue weighted by Crippen LogP contribution is -2.50. The number of nitrogens with zero attached hydrogens (tertiary/aromatic N) is 4. The Hall–Kier alpha value is -3.62. The van der Waals surface area contributed by atoms with E-state index >= 15 is 0 Å². The van der Waals surface area contributed by atoms with Crippen molar-refractivity contribution in [2.75, 3.05) is 49.6 Å². The standard InChI is InChI=1S/C23H24FN5O3/c1-32-19-8-3-2-7-18(19)27-9-11-28(12-10-27)23(31)15-13-20(30)29(14-15)22-21-16(24)5-4-6-17(21)25-26-22/h2-8,15H,9-14H2,1H3,(H,25,26). The van der Waals surface area contributed by atoms with Crippen LogP contribution in [0.15, 0.2) is 42.5 Å². The second-order valence-corrected chi connectivity index (χ2v) is 8.10. The number of hydrogen-bond acceptors (Lipinski definition) is 5. The molecule has 3 aromatic rings. The van der Waals surface area contributed by atoms with Crippen LogP contribution in [0.1, 0.15) is 6.42 Å². The van der Waals surface area contributed by atoms with Gasteiger partial charge in [-0.05, 0) is 24.3 Å². The summed E-state index contributed by atoms with van der Waals surface area (Å²) in [5.74, 6) is -0.101.